The number of hydrogen-bond acceptors (Lipinski definition) is 4. The molecule has 33 heavy (non-hydrogen) atoms. The summed E-state index contributed by atoms with van der Waals surface area (Å²) in [5.74, 6) is -1.38. The summed E-state index contributed by atoms with van der Waals surface area (Å²) in [4.78, 5) is 19.1. The highest BCUT2D eigenvalue weighted by Gasteiger charge is 2.41. The number of primary sulfonamides is 1. The molecule has 1 unspecified atom stereocenters. The number of halogens is 1. The van der Waals surface area contributed by atoms with Crippen LogP contribution in [0.3, 0.4) is 0 Å². The van der Waals surface area contributed by atoms with Gasteiger partial charge in [0.15, 0.2) is 0 Å². The van der Waals surface area contributed by atoms with E-state index in [1.54, 1.807) is 11.1 Å². The number of carbonyl (C=O) groups is 1. The lowest BCUT2D eigenvalue weighted by molar-refractivity contribution is -0.122. The number of nitrogens with zero attached hydrogens (tertiary/aromatic N) is 2. The van der Waals surface area contributed by atoms with Crippen molar-refractivity contribution in [3.05, 3.63) is 77.2 Å². The predicted molar refractivity (Wildman–Crippen MR) is 124 cm³/mol. The summed E-state index contributed by atoms with van der Waals surface area (Å²) >= 11 is 0. The molecule has 2 aliphatic rings. The van der Waals surface area contributed by atoms with Crippen LogP contribution in [0.5, 0.6) is 0 Å². The highest BCUT2D eigenvalue weighted by molar-refractivity contribution is 7.89. The molecule has 2 heterocycles. The van der Waals surface area contributed by atoms with Crippen molar-refractivity contribution in [2.24, 2.45) is 11.1 Å². The molecule has 6 nitrogen and oxygen atoms in total. The van der Waals surface area contributed by atoms with Crippen molar-refractivity contribution >= 4 is 21.6 Å². The van der Waals surface area contributed by atoms with Gasteiger partial charge in [-0.3, -0.25) is 9.78 Å². The summed E-state index contributed by atoms with van der Waals surface area (Å²) in [7, 11) is -4.25. The maximum atomic E-state index is 14.5. The van der Waals surface area contributed by atoms with E-state index in [0.29, 0.717) is 24.1 Å². The average Bonchev–Trinajstić information content (AvgIpc) is 3.31. The summed E-state index contributed by atoms with van der Waals surface area (Å²) in [6, 6.07) is 14.1. The van der Waals surface area contributed by atoms with Crippen LogP contribution in [0.2, 0.25) is 0 Å². The molecule has 1 aromatic heterocycles. The van der Waals surface area contributed by atoms with E-state index in [4.69, 9.17) is 5.14 Å². The van der Waals surface area contributed by atoms with Gasteiger partial charge in [-0.05, 0) is 66.8 Å². The summed E-state index contributed by atoms with van der Waals surface area (Å²) in [6.07, 6.45) is 2.94. The van der Waals surface area contributed by atoms with Crippen LogP contribution in [-0.4, -0.2) is 25.4 Å². The zero-order valence-electron chi connectivity index (χ0n) is 18.3. The van der Waals surface area contributed by atoms with Crippen molar-refractivity contribution in [1.29, 1.82) is 0 Å². The quantitative estimate of drug-likeness (QED) is 0.637. The van der Waals surface area contributed by atoms with Gasteiger partial charge in [-0.15, -0.1) is 0 Å². The van der Waals surface area contributed by atoms with Crippen LogP contribution in [0.15, 0.2) is 59.6 Å². The van der Waals surface area contributed by atoms with Crippen LogP contribution in [0.4, 0.5) is 10.1 Å². The third kappa shape index (κ3) is 3.63. The number of fused-ring (bicyclic) bond motifs is 2. The van der Waals surface area contributed by atoms with Gasteiger partial charge < -0.3 is 4.90 Å². The van der Waals surface area contributed by atoms with E-state index < -0.39 is 20.7 Å². The number of rotatable bonds is 3. The van der Waals surface area contributed by atoms with E-state index in [1.165, 1.54) is 12.1 Å². The Morgan fingerprint density at radius 1 is 1.09 bits per heavy atom. The minimum atomic E-state index is -4.25. The first-order valence-corrected chi connectivity index (χ1v) is 12.4. The van der Waals surface area contributed by atoms with Crippen molar-refractivity contribution in [2.45, 2.75) is 43.5 Å². The van der Waals surface area contributed by atoms with E-state index in [2.05, 4.69) is 11.1 Å². The van der Waals surface area contributed by atoms with Crippen LogP contribution < -0.4 is 10.0 Å². The number of benzene rings is 2. The van der Waals surface area contributed by atoms with Crippen LogP contribution in [0, 0.1) is 11.7 Å². The molecule has 1 aliphatic carbocycles. The van der Waals surface area contributed by atoms with Gasteiger partial charge in [0.1, 0.15) is 10.7 Å². The average molecular weight is 466 g/mol. The lowest BCUT2D eigenvalue weighted by Crippen LogP contribution is -2.41. The lowest BCUT2D eigenvalue weighted by Gasteiger charge is -2.27. The van der Waals surface area contributed by atoms with Gasteiger partial charge in [-0.1, -0.05) is 25.1 Å². The molecule has 3 atom stereocenters. The Kier molecular flexibility index (Phi) is 5.10. The van der Waals surface area contributed by atoms with E-state index in [1.807, 2.05) is 44.2 Å². The zero-order valence-corrected chi connectivity index (χ0v) is 19.1. The number of anilines is 1. The molecule has 2 N–H and O–H groups in total. The monoisotopic (exact) mass is 465 g/mol. The summed E-state index contributed by atoms with van der Waals surface area (Å²) in [6.45, 7) is 3.81. The molecule has 8 heteroatoms. The minimum Gasteiger partial charge on any atom is -0.308 e. The van der Waals surface area contributed by atoms with Crippen molar-refractivity contribution in [2.75, 3.05) is 4.90 Å². The van der Waals surface area contributed by atoms with Crippen molar-refractivity contribution in [3.8, 4) is 11.3 Å². The summed E-state index contributed by atoms with van der Waals surface area (Å²) < 4.78 is 38.2. The highest BCUT2D eigenvalue weighted by atomic mass is 32.2. The number of aromatic nitrogens is 1. The number of amides is 1. The Labute approximate surface area is 192 Å². The van der Waals surface area contributed by atoms with Crippen molar-refractivity contribution in [1.82, 2.24) is 4.98 Å². The first-order valence-electron chi connectivity index (χ1n) is 10.9. The second-order valence-electron chi connectivity index (χ2n) is 8.93. The maximum absolute atomic E-state index is 14.5. The number of hydrogen-bond donors (Lipinski definition) is 1. The fourth-order valence-electron chi connectivity index (χ4n) is 5.05. The summed E-state index contributed by atoms with van der Waals surface area (Å²) in [5.41, 5.74) is 5.16. The molecule has 0 bridgehead atoms. The molecular weight excluding hydrogens is 441 g/mol. The maximum Gasteiger partial charge on any atom is 0.241 e. The van der Waals surface area contributed by atoms with Gasteiger partial charge in [-0.2, -0.15) is 0 Å². The molecule has 1 aliphatic heterocycles. The largest absolute Gasteiger partial charge is 0.308 e. The molecule has 3 aromatic rings. The molecule has 170 valence electrons. The second-order valence-corrected chi connectivity index (χ2v) is 10.5. The Morgan fingerprint density at radius 2 is 1.85 bits per heavy atom. The van der Waals surface area contributed by atoms with E-state index in [-0.39, 0.29) is 23.8 Å². The molecule has 1 amide bonds. The number of nitrogens with two attached hydrogens (primary N) is 1. The first kappa shape index (κ1) is 21.7. The summed E-state index contributed by atoms with van der Waals surface area (Å²) in [5, 5.41) is 5.21. The van der Waals surface area contributed by atoms with Crippen LogP contribution in [-0.2, 0) is 27.7 Å². The Balaban J connectivity index is 1.47. The topological polar surface area (TPSA) is 93.4 Å². The predicted octanol–water partition coefficient (Wildman–Crippen LogP) is 3.79. The number of sulfonamides is 1. The smallest absolute Gasteiger partial charge is 0.241 e. The van der Waals surface area contributed by atoms with Gasteiger partial charge in [0, 0.05) is 35.3 Å². The molecule has 0 radical (unpaired) electrons. The number of pyridine rings is 1. The Bertz CT molecular complexity index is 1380. The first-order chi connectivity index (χ1) is 15.6. The van der Waals surface area contributed by atoms with Crippen LogP contribution >= 0.6 is 0 Å². The van der Waals surface area contributed by atoms with Gasteiger partial charge in [0.05, 0.1) is 5.69 Å². The molecule has 2 aromatic carbocycles. The van der Waals surface area contributed by atoms with E-state index >= 15 is 0 Å². The molecule has 0 fully saturated rings. The van der Waals surface area contributed by atoms with Crippen molar-refractivity contribution < 1.29 is 17.6 Å². The third-order valence-electron chi connectivity index (χ3n) is 6.95. The second kappa shape index (κ2) is 7.74. The third-order valence-corrected chi connectivity index (χ3v) is 7.88. The standard InChI is InChI=1S/C25H24FN3O3S/c1-14-15(2)29(23-13-24(33(27,31)32)21(26)12-20(14)23)25(30)19-9-16-6-7-17(10-18(16)11-19)22-5-3-4-8-28-22/h3-8,10,12-15,19H,9,11H2,1-2H3,(H2,27,31,32)/t14-,15+,19?/m1/s1. The fraction of sp³-hybridized carbons (Fsp3) is 0.280. The van der Waals surface area contributed by atoms with Crippen LogP contribution in [0.25, 0.3) is 11.3 Å². The van der Waals surface area contributed by atoms with Crippen LogP contribution in [0.1, 0.15) is 36.5 Å². The van der Waals surface area contributed by atoms with Gasteiger partial charge in [-0.25, -0.2) is 17.9 Å². The zero-order chi connectivity index (χ0) is 23.5. The minimum absolute atomic E-state index is 0.0873. The van der Waals surface area contributed by atoms with E-state index in [0.717, 1.165) is 22.4 Å². The highest BCUT2D eigenvalue weighted by Crippen LogP contribution is 2.44. The lowest BCUT2D eigenvalue weighted by atomic mass is 9.98. The van der Waals surface area contributed by atoms with Gasteiger partial charge in [0.25, 0.3) is 0 Å². The van der Waals surface area contributed by atoms with E-state index in [9.17, 15) is 17.6 Å². The SMILES string of the molecule is C[C@H]1c2cc(F)c(S(N)(=O)=O)cc2N(C(=O)C2Cc3ccc(-c4ccccn4)cc3C2)[C@H]1C. The molecule has 0 spiro atoms. The van der Waals surface area contributed by atoms with Gasteiger partial charge >= 0.3 is 0 Å². The Morgan fingerprint density at radius 3 is 2.55 bits per heavy atom. The molecule has 0 saturated carbocycles. The molecule has 5 rings (SSSR count). The Hall–Kier alpha value is -3.10. The molecule has 0 saturated heterocycles. The van der Waals surface area contributed by atoms with Crippen molar-refractivity contribution in [3.63, 3.8) is 0 Å². The normalized spacial score (nSPS) is 21.7. The molecular formula is C25H24FN3O3S. The number of carbonyl (C=O) groups excluding carboxylic acids is 1. The fourth-order valence-corrected chi connectivity index (χ4v) is 5.66. The van der Waals surface area contributed by atoms with Gasteiger partial charge in [0.2, 0.25) is 15.9 Å².